The van der Waals surface area contributed by atoms with Gasteiger partial charge in [0.05, 0.1) is 41.3 Å². The molecule has 2 atom stereocenters. The molecule has 14 heteroatoms. The Hall–Kier alpha value is -3.58. The minimum absolute atomic E-state index is 0.0596. The van der Waals surface area contributed by atoms with Gasteiger partial charge in [0.25, 0.3) is 5.91 Å². The molecule has 0 spiro atoms. The van der Waals surface area contributed by atoms with Crippen molar-refractivity contribution in [1.82, 2.24) is 30.4 Å². The van der Waals surface area contributed by atoms with Crippen LogP contribution in [0.4, 0.5) is 22.0 Å². The SMILES string of the molecule is Cc1nocc1C(=O)N[C@H](c1cn2ncc([C@H](NC(=O)CC(C)(C)C(F)(F)F)C3CC3)cc2n1)C1CCC(F)(F)CC1. The first-order chi connectivity index (χ1) is 19.6. The maximum atomic E-state index is 14.0. The van der Waals surface area contributed by atoms with Crippen LogP contribution in [0.15, 0.2) is 29.2 Å². The molecule has 9 nitrogen and oxygen atoms in total. The van der Waals surface area contributed by atoms with Crippen LogP contribution < -0.4 is 10.6 Å². The number of aryl methyl sites for hydroxylation is 1. The zero-order chi connectivity index (χ0) is 30.4. The summed E-state index contributed by atoms with van der Waals surface area (Å²) in [5.74, 6) is -4.19. The van der Waals surface area contributed by atoms with Gasteiger partial charge in [-0.1, -0.05) is 19.0 Å². The lowest BCUT2D eigenvalue weighted by atomic mass is 9.81. The summed E-state index contributed by atoms with van der Waals surface area (Å²) in [6, 6.07) is 0.468. The molecule has 3 aromatic heterocycles. The largest absolute Gasteiger partial charge is 0.394 e. The number of halogens is 5. The van der Waals surface area contributed by atoms with E-state index in [-0.39, 0.29) is 43.1 Å². The Morgan fingerprint density at radius 1 is 1.10 bits per heavy atom. The van der Waals surface area contributed by atoms with E-state index in [0.717, 1.165) is 26.7 Å². The van der Waals surface area contributed by atoms with Gasteiger partial charge in [0.1, 0.15) is 11.8 Å². The molecule has 0 aromatic carbocycles. The highest BCUT2D eigenvalue weighted by Gasteiger charge is 2.49. The molecule has 3 heterocycles. The van der Waals surface area contributed by atoms with Crippen molar-refractivity contribution in [3.05, 3.63) is 47.2 Å². The van der Waals surface area contributed by atoms with Crippen molar-refractivity contribution in [1.29, 1.82) is 0 Å². The van der Waals surface area contributed by atoms with Crippen LogP contribution in [0.1, 0.15) is 98.2 Å². The Kier molecular flexibility index (Phi) is 7.77. The lowest BCUT2D eigenvalue weighted by molar-refractivity contribution is -0.213. The monoisotopic (exact) mass is 596 g/mol. The molecule has 0 unspecified atom stereocenters. The smallest absolute Gasteiger partial charge is 0.364 e. The topological polar surface area (TPSA) is 114 Å². The van der Waals surface area contributed by atoms with Crippen molar-refractivity contribution >= 4 is 17.5 Å². The van der Waals surface area contributed by atoms with E-state index in [1.165, 1.54) is 17.0 Å². The Morgan fingerprint density at radius 2 is 1.76 bits per heavy atom. The van der Waals surface area contributed by atoms with Crippen LogP contribution in [0.5, 0.6) is 0 Å². The van der Waals surface area contributed by atoms with Gasteiger partial charge in [0, 0.05) is 19.3 Å². The number of fused-ring (bicyclic) bond motifs is 1. The summed E-state index contributed by atoms with van der Waals surface area (Å²) in [4.78, 5) is 30.4. The zero-order valence-electron chi connectivity index (χ0n) is 23.5. The van der Waals surface area contributed by atoms with Crippen LogP contribution in [0, 0.1) is 24.2 Å². The molecular formula is C28H33F5N6O3. The van der Waals surface area contributed by atoms with Crippen LogP contribution in [-0.4, -0.2) is 43.7 Å². The number of nitrogens with zero attached hydrogens (tertiary/aromatic N) is 4. The van der Waals surface area contributed by atoms with Gasteiger partial charge in [0.15, 0.2) is 5.65 Å². The Bertz CT molecular complexity index is 1450. The summed E-state index contributed by atoms with van der Waals surface area (Å²) in [5.41, 5.74) is -0.162. The first kappa shape index (κ1) is 29.9. The fourth-order valence-corrected chi connectivity index (χ4v) is 5.42. The zero-order valence-corrected chi connectivity index (χ0v) is 23.5. The molecule has 42 heavy (non-hydrogen) atoms. The molecule has 5 rings (SSSR count). The molecule has 2 fully saturated rings. The average molecular weight is 597 g/mol. The van der Waals surface area contributed by atoms with Gasteiger partial charge >= 0.3 is 6.18 Å². The second-order valence-corrected chi connectivity index (χ2v) is 12.2. The Labute approximate surface area is 238 Å². The maximum Gasteiger partial charge on any atom is 0.394 e. The summed E-state index contributed by atoms with van der Waals surface area (Å²) in [5, 5.41) is 13.8. The first-order valence-corrected chi connectivity index (χ1v) is 13.9. The molecule has 2 aliphatic carbocycles. The van der Waals surface area contributed by atoms with Gasteiger partial charge in [-0.25, -0.2) is 18.3 Å². The van der Waals surface area contributed by atoms with Gasteiger partial charge in [-0.2, -0.15) is 18.3 Å². The summed E-state index contributed by atoms with van der Waals surface area (Å²) in [7, 11) is 0. The third-order valence-corrected chi connectivity index (χ3v) is 8.33. The molecular weight excluding hydrogens is 563 g/mol. The molecule has 2 saturated carbocycles. The van der Waals surface area contributed by atoms with Crippen molar-refractivity contribution in [2.24, 2.45) is 17.3 Å². The summed E-state index contributed by atoms with van der Waals surface area (Å²) in [6.07, 6.45) is 0.488. The number of nitrogens with one attached hydrogen (secondary N) is 2. The number of hydrogen-bond acceptors (Lipinski definition) is 6. The predicted molar refractivity (Wildman–Crippen MR) is 139 cm³/mol. The highest BCUT2D eigenvalue weighted by molar-refractivity contribution is 5.95. The summed E-state index contributed by atoms with van der Waals surface area (Å²) >= 11 is 0. The van der Waals surface area contributed by atoms with Crippen molar-refractivity contribution in [3.63, 3.8) is 0 Å². The van der Waals surface area contributed by atoms with Crippen LogP contribution in [0.3, 0.4) is 0 Å². The van der Waals surface area contributed by atoms with Gasteiger partial charge in [-0.3, -0.25) is 9.59 Å². The van der Waals surface area contributed by atoms with Gasteiger partial charge in [0.2, 0.25) is 11.8 Å². The second-order valence-electron chi connectivity index (χ2n) is 12.2. The van der Waals surface area contributed by atoms with E-state index in [1.54, 1.807) is 19.2 Å². The normalized spacial score (nSPS) is 19.4. The van der Waals surface area contributed by atoms with Crippen molar-refractivity contribution in [3.8, 4) is 0 Å². The molecule has 0 aliphatic heterocycles. The van der Waals surface area contributed by atoms with E-state index < -0.39 is 47.8 Å². The lowest BCUT2D eigenvalue weighted by Crippen LogP contribution is -2.39. The summed E-state index contributed by atoms with van der Waals surface area (Å²) in [6.45, 7) is 3.60. The van der Waals surface area contributed by atoms with E-state index in [0.29, 0.717) is 22.6 Å². The number of imidazole rings is 1. The van der Waals surface area contributed by atoms with Crippen molar-refractivity contribution in [2.45, 2.75) is 89.9 Å². The fraction of sp³-hybridized carbons (Fsp3) is 0.607. The van der Waals surface area contributed by atoms with E-state index in [2.05, 4.69) is 25.9 Å². The Morgan fingerprint density at radius 3 is 2.36 bits per heavy atom. The quantitative estimate of drug-likeness (QED) is 0.299. The second kappa shape index (κ2) is 10.9. The van der Waals surface area contributed by atoms with E-state index in [9.17, 15) is 31.5 Å². The number of alkyl halides is 5. The Balaban J connectivity index is 1.40. The molecule has 0 radical (unpaired) electrons. The number of amides is 2. The van der Waals surface area contributed by atoms with E-state index in [1.807, 2.05) is 0 Å². The maximum absolute atomic E-state index is 14.0. The third-order valence-electron chi connectivity index (χ3n) is 8.33. The highest BCUT2D eigenvalue weighted by Crippen LogP contribution is 2.44. The van der Waals surface area contributed by atoms with Crippen molar-refractivity contribution < 1.29 is 36.1 Å². The number of rotatable bonds is 9. The minimum Gasteiger partial charge on any atom is -0.364 e. The molecule has 0 bridgehead atoms. The fourth-order valence-electron chi connectivity index (χ4n) is 5.42. The van der Waals surface area contributed by atoms with Crippen LogP contribution >= 0.6 is 0 Å². The number of aromatic nitrogens is 4. The molecule has 2 aliphatic rings. The molecule has 2 amide bonds. The number of hydrogen-bond donors (Lipinski definition) is 2. The van der Waals surface area contributed by atoms with Gasteiger partial charge in [-0.15, -0.1) is 0 Å². The van der Waals surface area contributed by atoms with E-state index >= 15 is 0 Å². The first-order valence-electron chi connectivity index (χ1n) is 13.9. The van der Waals surface area contributed by atoms with Crippen LogP contribution in [0.25, 0.3) is 5.65 Å². The molecule has 0 saturated heterocycles. The van der Waals surface area contributed by atoms with Crippen LogP contribution in [0.2, 0.25) is 0 Å². The predicted octanol–water partition coefficient (Wildman–Crippen LogP) is 5.87. The van der Waals surface area contributed by atoms with Gasteiger partial charge in [-0.05, 0) is 56.1 Å². The molecule has 3 aromatic rings. The highest BCUT2D eigenvalue weighted by atomic mass is 19.4. The molecule has 2 N–H and O–H groups in total. The average Bonchev–Trinajstić information content (AvgIpc) is 3.50. The van der Waals surface area contributed by atoms with E-state index in [4.69, 9.17) is 4.52 Å². The lowest BCUT2D eigenvalue weighted by Gasteiger charge is -2.33. The van der Waals surface area contributed by atoms with Gasteiger partial charge < -0.3 is 15.2 Å². The standard InChI is InChI=1S/C28H33F5N6O3/c1-15-19(14-42-38-15)25(41)37-24(17-6-8-27(29,30)9-7-17)20-13-39-21(35-20)10-18(12-34-39)23(16-4-5-16)36-22(40)11-26(2,3)28(31,32)33/h10,12-14,16-17,23-24H,4-9,11H2,1-3H3,(H,36,40)(H,37,41)/t23-,24+/m1/s1. The van der Waals surface area contributed by atoms with Crippen molar-refractivity contribution in [2.75, 3.05) is 0 Å². The molecule has 228 valence electrons. The minimum atomic E-state index is -4.53. The van der Waals surface area contributed by atoms with Crippen LogP contribution in [-0.2, 0) is 4.79 Å². The summed E-state index contributed by atoms with van der Waals surface area (Å²) < 4.78 is 74.3. The number of carbonyl (C=O) groups is 2. The third kappa shape index (κ3) is 6.41. The number of carbonyl (C=O) groups excluding carboxylic acids is 2.